The summed E-state index contributed by atoms with van der Waals surface area (Å²) in [5, 5.41) is 4.06. The topological polar surface area (TPSA) is 78.8 Å². The van der Waals surface area contributed by atoms with Gasteiger partial charge in [0.05, 0.1) is 17.7 Å². The van der Waals surface area contributed by atoms with Crippen molar-refractivity contribution in [3.63, 3.8) is 0 Å². The van der Waals surface area contributed by atoms with Crippen LogP contribution < -0.4 is 9.73 Å². The van der Waals surface area contributed by atoms with Gasteiger partial charge in [0.1, 0.15) is 6.54 Å². The highest BCUT2D eigenvalue weighted by Gasteiger charge is 2.22. The summed E-state index contributed by atoms with van der Waals surface area (Å²) in [5.74, 6) is -0.508. The standard InChI is InChI=1S/C19H23N3O3S/c1-14-9-8-12-18(15(14)2)22(26(4,24)25)13-19(23)21-20-16(3)17-10-6-5-7-11-17/h5-12H,13H2,1-4H3,(H,21,23)/b20-16-. The number of hydrazone groups is 1. The summed E-state index contributed by atoms with van der Waals surface area (Å²) in [6, 6.07) is 14.8. The van der Waals surface area contributed by atoms with Gasteiger partial charge < -0.3 is 0 Å². The van der Waals surface area contributed by atoms with E-state index in [1.165, 1.54) is 0 Å². The molecule has 0 heterocycles. The SMILES string of the molecule is C/C(=N/NC(=O)CN(c1cccc(C)c1C)S(C)(=O)=O)c1ccccc1. The fourth-order valence-corrected chi connectivity index (χ4v) is 3.35. The minimum atomic E-state index is -3.62. The van der Waals surface area contributed by atoms with Crippen LogP contribution in [-0.4, -0.2) is 32.8 Å². The molecule has 2 rings (SSSR count). The number of aryl methyl sites for hydroxylation is 1. The van der Waals surface area contributed by atoms with Crippen molar-refractivity contribution in [1.29, 1.82) is 0 Å². The number of hydrogen-bond acceptors (Lipinski definition) is 4. The highest BCUT2D eigenvalue weighted by Crippen LogP contribution is 2.24. The van der Waals surface area contributed by atoms with E-state index in [1.807, 2.05) is 50.2 Å². The summed E-state index contributed by atoms with van der Waals surface area (Å²) in [6.07, 6.45) is 1.08. The van der Waals surface area contributed by atoms with Crippen LogP contribution in [0.15, 0.2) is 53.6 Å². The second-order valence-electron chi connectivity index (χ2n) is 6.09. The Bertz CT molecular complexity index is 922. The molecule has 0 aliphatic carbocycles. The molecule has 1 N–H and O–H groups in total. The molecule has 1 amide bonds. The molecule has 0 aliphatic rings. The summed E-state index contributed by atoms with van der Waals surface area (Å²) in [4.78, 5) is 12.3. The maximum Gasteiger partial charge on any atom is 0.260 e. The van der Waals surface area contributed by atoms with Gasteiger partial charge in [0, 0.05) is 0 Å². The first-order valence-electron chi connectivity index (χ1n) is 8.12. The molecule has 0 saturated carbocycles. The normalized spacial score (nSPS) is 11.9. The number of anilines is 1. The van der Waals surface area contributed by atoms with Crippen LogP contribution in [0.3, 0.4) is 0 Å². The van der Waals surface area contributed by atoms with Crippen LogP contribution in [0.1, 0.15) is 23.6 Å². The zero-order valence-corrected chi connectivity index (χ0v) is 16.2. The molecule has 2 aromatic rings. The Morgan fingerprint density at radius 3 is 2.35 bits per heavy atom. The van der Waals surface area contributed by atoms with Gasteiger partial charge in [-0.1, -0.05) is 42.5 Å². The molecule has 6 nitrogen and oxygen atoms in total. The second kappa shape index (κ2) is 8.14. The summed E-state index contributed by atoms with van der Waals surface area (Å²) < 4.78 is 25.5. The summed E-state index contributed by atoms with van der Waals surface area (Å²) >= 11 is 0. The predicted molar refractivity (Wildman–Crippen MR) is 105 cm³/mol. The van der Waals surface area contributed by atoms with Gasteiger partial charge in [-0.3, -0.25) is 9.10 Å². The third kappa shape index (κ3) is 4.92. The van der Waals surface area contributed by atoms with Gasteiger partial charge in [0.25, 0.3) is 5.91 Å². The van der Waals surface area contributed by atoms with Crippen LogP contribution in [-0.2, 0) is 14.8 Å². The zero-order chi connectivity index (χ0) is 19.3. The van der Waals surface area contributed by atoms with Crippen molar-refractivity contribution in [2.45, 2.75) is 20.8 Å². The second-order valence-corrected chi connectivity index (χ2v) is 7.99. The molecule has 2 aromatic carbocycles. The van der Waals surface area contributed by atoms with Gasteiger partial charge in [0.2, 0.25) is 10.0 Å². The van der Waals surface area contributed by atoms with E-state index in [2.05, 4.69) is 10.5 Å². The summed E-state index contributed by atoms with van der Waals surface area (Å²) in [6.45, 7) is 5.16. The Morgan fingerprint density at radius 2 is 1.73 bits per heavy atom. The average Bonchev–Trinajstić information content (AvgIpc) is 2.60. The fourth-order valence-electron chi connectivity index (χ4n) is 2.44. The quantitative estimate of drug-likeness (QED) is 0.624. The van der Waals surface area contributed by atoms with E-state index >= 15 is 0 Å². The van der Waals surface area contributed by atoms with Crippen LogP contribution in [0.4, 0.5) is 5.69 Å². The summed E-state index contributed by atoms with van der Waals surface area (Å²) in [7, 11) is -3.62. The maximum absolute atomic E-state index is 12.3. The number of carbonyl (C=O) groups is 1. The predicted octanol–water partition coefficient (Wildman–Crippen LogP) is 2.61. The molecule has 7 heteroatoms. The number of carbonyl (C=O) groups excluding carboxylic acids is 1. The lowest BCUT2D eigenvalue weighted by molar-refractivity contribution is -0.119. The van der Waals surface area contributed by atoms with Crippen molar-refractivity contribution in [2.24, 2.45) is 5.10 Å². The van der Waals surface area contributed by atoms with E-state index < -0.39 is 15.9 Å². The van der Waals surface area contributed by atoms with Crippen LogP contribution in [0.2, 0.25) is 0 Å². The van der Waals surface area contributed by atoms with E-state index in [0.717, 1.165) is 27.3 Å². The molecule has 0 fully saturated rings. The lowest BCUT2D eigenvalue weighted by Gasteiger charge is -2.24. The Hall–Kier alpha value is -2.67. The monoisotopic (exact) mass is 373 g/mol. The van der Waals surface area contributed by atoms with E-state index in [4.69, 9.17) is 0 Å². The van der Waals surface area contributed by atoms with Gasteiger partial charge >= 0.3 is 0 Å². The van der Waals surface area contributed by atoms with Crippen molar-refractivity contribution < 1.29 is 13.2 Å². The molecule has 0 aliphatic heterocycles. The molecule has 0 atom stereocenters. The van der Waals surface area contributed by atoms with Crippen molar-refractivity contribution in [1.82, 2.24) is 5.43 Å². The minimum absolute atomic E-state index is 0.339. The Balaban J connectivity index is 2.19. The van der Waals surface area contributed by atoms with Gasteiger partial charge in [-0.15, -0.1) is 0 Å². The summed E-state index contributed by atoms with van der Waals surface area (Å²) in [5.41, 5.74) is 6.20. The number of amides is 1. The van der Waals surface area contributed by atoms with E-state index in [-0.39, 0.29) is 6.54 Å². The molecule has 26 heavy (non-hydrogen) atoms. The Kier molecular flexibility index (Phi) is 6.15. The van der Waals surface area contributed by atoms with E-state index in [1.54, 1.807) is 19.1 Å². The van der Waals surface area contributed by atoms with Crippen molar-refractivity contribution >= 4 is 27.3 Å². The largest absolute Gasteiger partial charge is 0.271 e. The smallest absolute Gasteiger partial charge is 0.260 e. The minimum Gasteiger partial charge on any atom is -0.271 e. The lowest BCUT2D eigenvalue weighted by Crippen LogP contribution is -2.39. The van der Waals surface area contributed by atoms with Crippen LogP contribution >= 0.6 is 0 Å². The van der Waals surface area contributed by atoms with Gasteiger partial charge in [-0.2, -0.15) is 5.10 Å². The Morgan fingerprint density at radius 1 is 1.08 bits per heavy atom. The van der Waals surface area contributed by atoms with E-state index in [9.17, 15) is 13.2 Å². The van der Waals surface area contributed by atoms with Gasteiger partial charge in [-0.25, -0.2) is 13.8 Å². The molecular weight excluding hydrogens is 350 g/mol. The first-order valence-corrected chi connectivity index (χ1v) is 9.97. The molecule has 0 unspecified atom stereocenters. The number of nitrogens with zero attached hydrogens (tertiary/aromatic N) is 2. The van der Waals surface area contributed by atoms with Gasteiger partial charge in [-0.05, 0) is 43.5 Å². The molecule has 138 valence electrons. The first kappa shape index (κ1) is 19.7. The number of nitrogens with one attached hydrogen (secondary N) is 1. The lowest BCUT2D eigenvalue weighted by atomic mass is 10.1. The highest BCUT2D eigenvalue weighted by molar-refractivity contribution is 7.92. The molecule has 0 bridgehead atoms. The van der Waals surface area contributed by atoms with Crippen LogP contribution in [0.25, 0.3) is 0 Å². The van der Waals surface area contributed by atoms with Crippen molar-refractivity contribution in [3.8, 4) is 0 Å². The molecule has 0 saturated heterocycles. The van der Waals surface area contributed by atoms with Crippen LogP contribution in [0.5, 0.6) is 0 Å². The number of sulfonamides is 1. The average molecular weight is 373 g/mol. The molecule has 0 radical (unpaired) electrons. The van der Waals surface area contributed by atoms with Crippen molar-refractivity contribution in [3.05, 3.63) is 65.2 Å². The molecule has 0 spiro atoms. The third-order valence-corrected chi connectivity index (χ3v) is 5.20. The number of benzene rings is 2. The van der Waals surface area contributed by atoms with Gasteiger partial charge in [0.15, 0.2) is 0 Å². The Labute approximate surface area is 154 Å². The van der Waals surface area contributed by atoms with Crippen molar-refractivity contribution in [2.75, 3.05) is 17.1 Å². The highest BCUT2D eigenvalue weighted by atomic mass is 32.2. The molecular formula is C19H23N3O3S. The molecule has 0 aromatic heterocycles. The maximum atomic E-state index is 12.3. The zero-order valence-electron chi connectivity index (χ0n) is 15.4. The number of rotatable bonds is 6. The third-order valence-electron chi connectivity index (χ3n) is 4.07. The number of hydrogen-bond donors (Lipinski definition) is 1. The fraction of sp³-hybridized carbons (Fsp3) is 0.263. The van der Waals surface area contributed by atoms with E-state index in [0.29, 0.717) is 11.4 Å². The van der Waals surface area contributed by atoms with Crippen LogP contribution in [0, 0.1) is 13.8 Å². The first-order chi connectivity index (χ1) is 12.2.